The zero-order chi connectivity index (χ0) is 15.2. The van der Waals surface area contributed by atoms with Crippen molar-refractivity contribution in [3.8, 4) is 0 Å². The van der Waals surface area contributed by atoms with Crippen molar-refractivity contribution in [3.05, 3.63) is 48.0 Å². The summed E-state index contributed by atoms with van der Waals surface area (Å²) >= 11 is 0. The molecule has 21 heavy (non-hydrogen) atoms. The van der Waals surface area contributed by atoms with Crippen LogP contribution in [0, 0.1) is 5.92 Å². The van der Waals surface area contributed by atoms with Crippen LogP contribution in [-0.4, -0.2) is 29.9 Å². The fourth-order valence-electron chi connectivity index (χ4n) is 2.35. The van der Waals surface area contributed by atoms with Crippen molar-refractivity contribution >= 4 is 5.97 Å². The van der Waals surface area contributed by atoms with Gasteiger partial charge in [-0.15, -0.1) is 0 Å². The van der Waals surface area contributed by atoms with Crippen molar-refractivity contribution in [1.82, 2.24) is 0 Å². The molecule has 1 fully saturated rings. The minimum atomic E-state index is -0.531. The molecule has 0 aromatic heterocycles. The van der Waals surface area contributed by atoms with Gasteiger partial charge in [0.25, 0.3) is 0 Å². The van der Waals surface area contributed by atoms with E-state index in [-0.39, 0.29) is 24.1 Å². The van der Waals surface area contributed by atoms with E-state index in [4.69, 9.17) is 9.47 Å². The second-order valence-corrected chi connectivity index (χ2v) is 5.32. The van der Waals surface area contributed by atoms with Crippen LogP contribution in [0.3, 0.4) is 0 Å². The molecule has 0 bridgehead atoms. The molecule has 0 spiro atoms. The number of allylic oxidation sites excluding steroid dienone is 1. The minimum absolute atomic E-state index is 0.0116. The summed E-state index contributed by atoms with van der Waals surface area (Å²) in [5, 5.41) is 10.2. The number of hydrogen-bond acceptors (Lipinski definition) is 4. The van der Waals surface area contributed by atoms with Crippen LogP contribution in [0.5, 0.6) is 0 Å². The highest BCUT2D eigenvalue weighted by Crippen LogP contribution is 2.41. The fourth-order valence-corrected chi connectivity index (χ4v) is 2.35. The van der Waals surface area contributed by atoms with Gasteiger partial charge in [0.2, 0.25) is 0 Å². The van der Waals surface area contributed by atoms with Gasteiger partial charge < -0.3 is 14.6 Å². The lowest BCUT2D eigenvalue weighted by molar-refractivity contribution is -0.137. The van der Waals surface area contributed by atoms with E-state index in [9.17, 15) is 9.90 Å². The number of rotatable bonds is 7. The first kappa shape index (κ1) is 15.7. The number of aliphatic hydroxyl groups is 1. The molecule has 1 saturated heterocycles. The molecule has 0 unspecified atom stereocenters. The molecule has 4 nitrogen and oxygen atoms in total. The van der Waals surface area contributed by atoms with Crippen LogP contribution in [0.15, 0.2) is 42.5 Å². The molecular formula is C17H22O4. The highest BCUT2D eigenvalue weighted by molar-refractivity contribution is 5.81. The summed E-state index contributed by atoms with van der Waals surface area (Å²) in [6.45, 7) is 4.10. The Hall–Kier alpha value is -1.65. The first-order chi connectivity index (χ1) is 10.1. The van der Waals surface area contributed by atoms with E-state index >= 15 is 0 Å². The third-order valence-electron chi connectivity index (χ3n) is 3.49. The maximum absolute atomic E-state index is 11.2. The highest BCUT2D eigenvalue weighted by Gasteiger charge is 2.45. The van der Waals surface area contributed by atoms with Gasteiger partial charge in [0.1, 0.15) is 12.2 Å². The van der Waals surface area contributed by atoms with Crippen molar-refractivity contribution < 1.29 is 19.4 Å². The number of aliphatic hydroxyl groups excluding tert-OH is 1. The summed E-state index contributed by atoms with van der Waals surface area (Å²) in [6.07, 6.45) is 3.05. The average molecular weight is 290 g/mol. The highest BCUT2D eigenvalue weighted by atomic mass is 16.6. The summed E-state index contributed by atoms with van der Waals surface area (Å²) in [7, 11) is 0. The molecule has 1 aliphatic rings. The van der Waals surface area contributed by atoms with E-state index in [1.165, 1.54) is 6.08 Å². The molecule has 1 N–H and O–H groups in total. The summed E-state index contributed by atoms with van der Waals surface area (Å²) in [5.74, 6) is -0.256. The predicted octanol–water partition coefficient (Wildman–Crippen LogP) is 2.63. The number of hydrogen-bond donors (Lipinski definition) is 1. The van der Waals surface area contributed by atoms with Gasteiger partial charge in [-0.3, -0.25) is 0 Å². The lowest BCUT2D eigenvalue weighted by atomic mass is 9.98. The summed E-state index contributed by atoms with van der Waals surface area (Å²) in [5.41, 5.74) is 1.09. The Bertz CT molecular complexity index is 483. The molecule has 1 heterocycles. The first-order valence-electron chi connectivity index (χ1n) is 7.35. The Morgan fingerprint density at radius 2 is 2.14 bits per heavy atom. The molecule has 4 atom stereocenters. The molecule has 1 aromatic carbocycles. The van der Waals surface area contributed by atoms with E-state index in [0.29, 0.717) is 13.0 Å². The smallest absolute Gasteiger partial charge is 0.330 e. The van der Waals surface area contributed by atoms with Crippen LogP contribution in [0.4, 0.5) is 0 Å². The Balaban J connectivity index is 1.78. The Morgan fingerprint density at radius 3 is 2.81 bits per heavy atom. The fraction of sp³-hybridized carbons (Fsp3) is 0.471. The SMILES string of the molecule is CCOC(=O)/C=C/[C@H](C)C[C@@H](O)[C@H]1O[C@H]1c1ccccc1. The zero-order valence-corrected chi connectivity index (χ0v) is 12.4. The molecule has 114 valence electrons. The lowest BCUT2D eigenvalue weighted by Gasteiger charge is -2.11. The number of carbonyl (C=O) groups is 1. The van der Waals surface area contributed by atoms with Crippen LogP contribution in [0.2, 0.25) is 0 Å². The van der Waals surface area contributed by atoms with Crippen LogP contribution in [0.1, 0.15) is 31.9 Å². The van der Waals surface area contributed by atoms with Gasteiger partial charge >= 0.3 is 5.97 Å². The first-order valence-corrected chi connectivity index (χ1v) is 7.35. The van der Waals surface area contributed by atoms with Crippen LogP contribution in [-0.2, 0) is 14.3 Å². The molecular weight excluding hydrogens is 268 g/mol. The Labute approximate surface area is 125 Å². The Kier molecular flexibility index (Phi) is 5.53. The van der Waals surface area contributed by atoms with E-state index in [2.05, 4.69) is 0 Å². The average Bonchev–Trinajstić information content (AvgIpc) is 3.27. The maximum atomic E-state index is 11.2. The standard InChI is InChI=1S/C17H22O4/c1-3-20-15(19)10-9-12(2)11-14(18)17-16(21-17)13-7-5-4-6-8-13/h4-10,12,14,16-18H,3,11H2,1-2H3/b10-9+/t12-,14+,16-,17+/m0/s1. The molecule has 2 rings (SSSR count). The third kappa shape index (κ3) is 4.69. The molecule has 0 aliphatic carbocycles. The van der Waals surface area contributed by atoms with Gasteiger partial charge in [0.15, 0.2) is 0 Å². The van der Waals surface area contributed by atoms with E-state index in [1.807, 2.05) is 37.3 Å². The van der Waals surface area contributed by atoms with Crippen molar-refractivity contribution in [2.24, 2.45) is 5.92 Å². The van der Waals surface area contributed by atoms with E-state index in [1.54, 1.807) is 13.0 Å². The lowest BCUT2D eigenvalue weighted by Crippen LogP contribution is -2.18. The minimum Gasteiger partial charge on any atom is -0.463 e. The van der Waals surface area contributed by atoms with Crippen molar-refractivity contribution in [1.29, 1.82) is 0 Å². The van der Waals surface area contributed by atoms with Gasteiger partial charge in [-0.2, -0.15) is 0 Å². The van der Waals surface area contributed by atoms with Crippen molar-refractivity contribution in [3.63, 3.8) is 0 Å². The van der Waals surface area contributed by atoms with Gasteiger partial charge in [-0.25, -0.2) is 4.79 Å². The summed E-state index contributed by atoms with van der Waals surface area (Å²) in [6, 6.07) is 9.89. The van der Waals surface area contributed by atoms with Gasteiger partial charge in [-0.1, -0.05) is 43.3 Å². The van der Waals surface area contributed by atoms with Gasteiger partial charge in [0.05, 0.1) is 12.7 Å². The molecule has 0 radical (unpaired) electrons. The topological polar surface area (TPSA) is 59.1 Å². The van der Waals surface area contributed by atoms with E-state index in [0.717, 1.165) is 5.56 Å². The normalized spacial score (nSPS) is 23.8. The van der Waals surface area contributed by atoms with E-state index < -0.39 is 6.10 Å². The molecule has 0 amide bonds. The number of benzene rings is 1. The number of ether oxygens (including phenoxy) is 2. The van der Waals surface area contributed by atoms with Crippen LogP contribution in [0.25, 0.3) is 0 Å². The number of esters is 1. The summed E-state index contributed by atoms with van der Waals surface area (Å²) < 4.78 is 10.4. The van der Waals surface area contributed by atoms with Crippen LogP contribution >= 0.6 is 0 Å². The Morgan fingerprint density at radius 1 is 1.43 bits per heavy atom. The second-order valence-electron chi connectivity index (χ2n) is 5.32. The van der Waals surface area contributed by atoms with Crippen LogP contribution < -0.4 is 0 Å². The quantitative estimate of drug-likeness (QED) is 0.476. The van der Waals surface area contributed by atoms with Crippen molar-refractivity contribution in [2.45, 2.75) is 38.6 Å². The maximum Gasteiger partial charge on any atom is 0.330 e. The monoisotopic (exact) mass is 290 g/mol. The zero-order valence-electron chi connectivity index (χ0n) is 12.4. The number of carbonyl (C=O) groups excluding carboxylic acids is 1. The second kappa shape index (κ2) is 7.38. The third-order valence-corrected chi connectivity index (χ3v) is 3.49. The largest absolute Gasteiger partial charge is 0.463 e. The van der Waals surface area contributed by atoms with Gasteiger partial charge in [-0.05, 0) is 24.8 Å². The van der Waals surface area contributed by atoms with Gasteiger partial charge in [0, 0.05) is 6.08 Å². The molecule has 0 saturated carbocycles. The predicted molar refractivity (Wildman–Crippen MR) is 79.6 cm³/mol. The molecule has 1 aliphatic heterocycles. The molecule has 4 heteroatoms. The van der Waals surface area contributed by atoms with Crippen molar-refractivity contribution in [2.75, 3.05) is 6.61 Å². The summed E-state index contributed by atoms with van der Waals surface area (Å²) in [4.78, 5) is 11.2. The number of epoxide rings is 1. The molecule has 1 aromatic rings.